The van der Waals surface area contributed by atoms with Crippen LogP contribution in [0.5, 0.6) is 0 Å². The van der Waals surface area contributed by atoms with E-state index < -0.39 is 10.0 Å². The summed E-state index contributed by atoms with van der Waals surface area (Å²) in [5.41, 5.74) is 0.316. The van der Waals surface area contributed by atoms with Crippen LogP contribution in [-0.2, 0) is 10.0 Å². The summed E-state index contributed by atoms with van der Waals surface area (Å²) in [5, 5.41) is 6.91. The second-order valence-corrected chi connectivity index (χ2v) is 11.6. The highest BCUT2D eigenvalue weighted by atomic mass is 32.2. The Morgan fingerprint density at radius 1 is 1.23 bits per heavy atom. The van der Waals surface area contributed by atoms with Gasteiger partial charge >= 0.3 is 0 Å². The largest absolute Gasteiger partial charge is 0.360 e. The molecular formula is C21H34N4O4S. The van der Waals surface area contributed by atoms with Crippen LogP contribution in [0.2, 0.25) is 0 Å². The van der Waals surface area contributed by atoms with E-state index in [-0.39, 0.29) is 29.7 Å². The average Bonchev–Trinajstić information content (AvgIpc) is 3.21. The fraction of sp³-hybridized carbons (Fsp3) is 0.810. The summed E-state index contributed by atoms with van der Waals surface area (Å²) < 4.78 is 33.0. The SMILES string of the molecule is C[C@H]1C[C@@H](NC(=O)c2cc(C3CC3)on2)CCN1S(=O)(=O)CC1CCC(N(C)C)C1. The third kappa shape index (κ3) is 4.89. The van der Waals surface area contributed by atoms with E-state index in [1.54, 1.807) is 10.4 Å². The molecule has 0 radical (unpaired) electrons. The second-order valence-electron chi connectivity index (χ2n) is 9.62. The van der Waals surface area contributed by atoms with Gasteiger partial charge in [-0.1, -0.05) is 5.16 Å². The van der Waals surface area contributed by atoms with Gasteiger partial charge in [0.2, 0.25) is 10.0 Å². The molecule has 0 aromatic carbocycles. The van der Waals surface area contributed by atoms with Crippen LogP contribution in [0.25, 0.3) is 0 Å². The Labute approximate surface area is 179 Å². The molecule has 9 heteroatoms. The third-order valence-electron chi connectivity index (χ3n) is 6.94. The molecule has 1 saturated heterocycles. The van der Waals surface area contributed by atoms with Gasteiger partial charge in [0.25, 0.3) is 5.91 Å². The molecule has 0 spiro atoms. The Kier molecular flexibility index (Phi) is 6.23. The van der Waals surface area contributed by atoms with Crippen LogP contribution in [0.15, 0.2) is 10.6 Å². The Bertz CT molecular complexity index is 864. The first-order chi connectivity index (χ1) is 14.2. The minimum atomic E-state index is -3.29. The van der Waals surface area contributed by atoms with E-state index in [2.05, 4.69) is 29.5 Å². The van der Waals surface area contributed by atoms with Crippen LogP contribution in [0.4, 0.5) is 0 Å². The molecule has 2 aliphatic carbocycles. The van der Waals surface area contributed by atoms with E-state index >= 15 is 0 Å². The van der Waals surface area contributed by atoms with E-state index in [1.807, 2.05) is 6.92 Å². The van der Waals surface area contributed by atoms with Gasteiger partial charge in [0.05, 0.1) is 5.75 Å². The fourth-order valence-corrected chi connectivity index (χ4v) is 7.08. The number of hydrogen-bond donors (Lipinski definition) is 1. The first-order valence-corrected chi connectivity index (χ1v) is 12.8. The molecule has 2 heterocycles. The van der Waals surface area contributed by atoms with Crippen molar-refractivity contribution in [1.29, 1.82) is 0 Å². The Morgan fingerprint density at radius 2 is 2.00 bits per heavy atom. The number of piperidine rings is 1. The van der Waals surface area contributed by atoms with Crippen LogP contribution in [-0.4, -0.2) is 73.2 Å². The van der Waals surface area contributed by atoms with Crippen molar-refractivity contribution in [3.63, 3.8) is 0 Å². The molecule has 0 bridgehead atoms. The predicted molar refractivity (Wildman–Crippen MR) is 114 cm³/mol. The summed E-state index contributed by atoms with van der Waals surface area (Å²) in [6.45, 7) is 2.39. The topological polar surface area (TPSA) is 95.7 Å². The van der Waals surface area contributed by atoms with Crippen LogP contribution >= 0.6 is 0 Å². The number of aromatic nitrogens is 1. The zero-order valence-corrected chi connectivity index (χ0v) is 19.0. The van der Waals surface area contributed by atoms with Gasteiger partial charge in [0.1, 0.15) is 5.76 Å². The number of carbonyl (C=O) groups is 1. The van der Waals surface area contributed by atoms with Gasteiger partial charge in [-0.05, 0) is 71.9 Å². The van der Waals surface area contributed by atoms with Gasteiger partial charge < -0.3 is 14.7 Å². The van der Waals surface area contributed by atoms with Crippen LogP contribution in [0, 0.1) is 5.92 Å². The monoisotopic (exact) mass is 438 g/mol. The molecule has 1 amide bonds. The molecule has 4 rings (SSSR count). The van der Waals surface area contributed by atoms with Crippen molar-refractivity contribution in [2.75, 3.05) is 26.4 Å². The Hall–Kier alpha value is -1.45. The van der Waals surface area contributed by atoms with Gasteiger partial charge in [-0.2, -0.15) is 4.31 Å². The van der Waals surface area contributed by atoms with Crippen molar-refractivity contribution in [3.05, 3.63) is 17.5 Å². The molecule has 30 heavy (non-hydrogen) atoms. The zero-order valence-electron chi connectivity index (χ0n) is 18.2. The van der Waals surface area contributed by atoms with E-state index in [9.17, 15) is 13.2 Å². The highest BCUT2D eigenvalue weighted by Crippen LogP contribution is 2.40. The van der Waals surface area contributed by atoms with Crippen molar-refractivity contribution in [3.8, 4) is 0 Å². The number of amides is 1. The molecule has 2 saturated carbocycles. The summed E-state index contributed by atoms with van der Waals surface area (Å²) in [4.78, 5) is 14.7. The van der Waals surface area contributed by atoms with E-state index in [0.717, 1.165) is 37.9 Å². The first kappa shape index (κ1) is 21.8. The molecule has 1 aliphatic heterocycles. The lowest BCUT2D eigenvalue weighted by Crippen LogP contribution is -2.51. The lowest BCUT2D eigenvalue weighted by molar-refractivity contribution is 0.0905. The molecule has 3 fully saturated rings. The van der Waals surface area contributed by atoms with Crippen molar-refractivity contribution in [2.24, 2.45) is 5.92 Å². The lowest BCUT2D eigenvalue weighted by Gasteiger charge is -2.37. The van der Waals surface area contributed by atoms with Gasteiger partial charge in [-0.3, -0.25) is 4.79 Å². The molecule has 1 N–H and O–H groups in total. The number of carbonyl (C=O) groups excluding carboxylic acids is 1. The van der Waals surface area contributed by atoms with Crippen molar-refractivity contribution in [2.45, 2.75) is 75.9 Å². The quantitative estimate of drug-likeness (QED) is 0.701. The minimum absolute atomic E-state index is 0.0513. The minimum Gasteiger partial charge on any atom is -0.360 e. The normalized spacial score (nSPS) is 30.7. The highest BCUT2D eigenvalue weighted by Gasteiger charge is 2.37. The van der Waals surface area contributed by atoms with Crippen LogP contribution < -0.4 is 5.32 Å². The smallest absolute Gasteiger partial charge is 0.273 e. The van der Waals surface area contributed by atoms with Gasteiger partial charge in [0, 0.05) is 36.7 Å². The van der Waals surface area contributed by atoms with E-state index in [4.69, 9.17) is 4.52 Å². The van der Waals surface area contributed by atoms with Crippen LogP contribution in [0.3, 0.4) is 0 Å². The number of hydrogen-bond acceptors (Lipinski definition) is 6. The first-order valence-electron chi connectivity index (χ1n) is 11.2. The summed E-state index contributed by atoms with van der Waals surface area (Å²) in [5.74, 6) is 1.44. The van der Waals surface area contributed by atoms with Gasteiger partial charge in [-0.15, -0.1) is 0 Å². The van der Waals surface area contributed by atoms with Crippen molar-refractivity contribution >= 4 is 15.9 Å². The molecule has 1 aromatic heterocycles. The molecule has 8 nitrogen and oxygen atoms in total. The average molecular weight is 439 g/mol. The van der Waals surface area contributed by atoms with Crippen molar-refractivity contribution < 1.29 is 17.7 Å². The molecule has 1 aromatic rings. The van der Waals surface area contributed by atoms with Gasteiger partial charge in [-0.25, -0.2) is 8.42 Å². The van der Waals surface area contributed by atoms with E-state index in [1.165, 1.54) is 0 Å². The maximum atomic E-state index is 13.1. The fourth-order valence-electron chi connectivity index (χ4n) is 4.97. The number of rotatable bonds is 7. The maximum absolute atomic E-state index is 13.1. The summed E-state index contributed by atoms with van der Waals surface area (Å²) in [6, 6.07) is 2.04. The number of sulfonamides is 1. The predicted octanol–water partition coefficient (Wildman–Crippen LogP) is 2.19. The second kappa shape index (κ2) is 8.59. The third-order valence-corrected chi connectivity index (χ3v) is 9.09. The lowest BCUT2D eigenvalue weighted by atomic mass is 10.0. The molecule has 3 aliphatic rings. The number of nitrogens with zero attached hydrogens (tertiary/aromatic N) is 3. The summed E-state index contributed by atoms with van der Waals surface area (Å²) in [7, 11) is 0.834. The van der Waals surface area contributed by atoms with Gasteiger partial charge in [0.15, 0.2) is 5.69 Å². The Balaban J connectivity index is 1.29. The molecule has 2 unspecified atom stereocenters. The molecule has 4 atom stereocenters. The highest BCUT2D eigenvalue weighted by molar-refractivity contribution is 7.89. The maximum Gasteiger partial charge on any atom is 0.273 e. The molecular weight excluding hydrogens is 404 g/mol. The summed E-state index contributed by atoms with van der Waals surface area (Å²) >= 11 is 0. The molecule has 168 valence electrons. The van der Waals surface area contributed by atoms with Crippen molar-refractivity contribution in [1.82, 2.24) is 19.7 Å². The zero-order chi connectivity index (χ0) is 21.5. The standard InChI is InChI=1S/C21H34N4O4S/c1-14-10-17(22-21(26)19-12-20(29-23-19)16-5-6-16)8-9-25(14)30(27,28)13-15-4-7-18(11-15)24(2)3/h12,14-18H,4-11,13H2,1-3H3,(H,22,26)/t14-,15?,17-,18?/m0/s1. The van der Waals surface area contributed by atoms with Crippen LogP contribution in [0.1, 0.15) is 74.0 Å². The Morgan fingerprint density at radius 3 is 2.63 bits per heavy atom. The van der Waals surface area contributed by atoms with E-state index in [0.29, 0.717) is 37.0 Å². The summed E-state index contributed by atoms with van der Waals surface area (Å²) in [6.07, 6.45) is 6.42. The number of nitrogens with one attached hydrogen (secondary N) is 1.